The van der Waals surface area contributed by atoms with Crippen LogP contribution in [0.4, 0.5) is 4.39 Å². The fourth-order valence-electron chi connectivity index (χ4n) is 7.60. The third-order valence-electron chi connectivity index (χ3n) is 10.1. The van der Waals surface area contributed by atoms with Crippen LogP contribution in [-0.4, -0.2) is 15.0 Å². The minimum Gasteiger partial charge on any atom is -0.247 e. The van der Waals surface area contributed by atoms with Crippen molar-refractivity contribution in [3.8, 4) is 56.3 Å². The van der Waals surface area contributed by atoms with E-state index in [0.29, 0.717) is 5.82 Å². The third kappa shape index (κ3) is 5.40. The van der Waals surface area contributed by atoms with Crippen molar-refractivity contribution in [2.75, 3.05) is 0 Å². The Kier molecular flexibility index (Phi) is 7.33. The van der Waals surface area contributed by atoms with Gasteiger partial charge < -0.3 is 0 Å². The Hall–Kier alpha value is -7.04. The molecule has 10 rings (SSSR count). The van der Waals surface area contributed by atoms with E-state index in [4.69, 9.17) is 15.0 Å². The monoisotopic (exact) mass is 679 g/mol. The first-order valence-electron chi connectivity index (χ1n) is 17.7. The minimum atomic E-state index is -0.269. The van der Waals surface area contributed by atoms with Crippen molar-refractivity contribution >= 4 is 43.2 Å². The van der Waals surface area contributed by atoms with Crippen molar-refractivity contribution < 1.29 is 4.39 Å². The number of rotatable bonds is 5. The van der Waals surface area contributed by atoms with E-state index in [1.54, 1.807) is 0 Å². The maximum atomic E-state index is 14.1. The Bertz CT molecular complexity index is 2940. The van der Waals surface area contributed by atoms with Gasteiger partial charge in [-0.25, -0.2) is 19.3 Å². The summed E-state index contributed by atoms with van der Waals surface area (Å²) in [5.74, 6) is 0.399. The van der Waals surface area contributed by atoms with Crippen LogP contribution < -0.4 is 0 Å². The van der Waals surface area contributed by atoms with Crippen molar-refractivity contribution in [3.05, 3.63) is 188 Å². The number of nitrogens with zero attached hydrogens (tertiary/aromatic N) is 3. The van der Waals surface area contributed by atoms with Crippen LogP contribution in [0.15, 0.2) is 182 Å². The molecule has 248 valence electrons. The predicted octanol–water partition coefficient (Wildman–Crippen LogP) is 13.0. The van der Waals surface area contributed by atoms with Gasteiger partial charge in [0.1, 0.15) is 5.82 Å². The van der Waals surface area contributed by atoms with Crippen molar-refractivity contribution in [2.24, 2.45) is 0 Å². The van der Waals surface area contributed by atoms with E-state index in [9.17, 15) is 4.39 Å². The van der Waals surface area contributed by atoms with Crippen LogP contribution in [0.2, 0.25) is 0 Å². The SMILES string of the molecule is Fc1ccc(-c2nc3ccc(-c4cccc(-c5nc(-c6ccccc6)cc(-c6ccccc6)n5)c4)cc3c3c4ccccc4c4ccccc4c23)cc1. The minimum absolute atomic E-state index is 0.269. The van der Waals surface area contributed by atoms with Crippen LogP contribution >= 0.6 is 0 Å². The van der Waals surface area contributed by atoms with Crippen molar-refractivity contribution in [2.45, 2.75) is 0 Å². The smallest absolute Gasteiger partial charge is 0.160 e. The molecule has 10 aromatic rings. The number of aromatic nitrogens is 3. The van der Waals surface area contributed by atoms with E-state index in [0.717, 1.165) is 88.3 Å². The Labute approximate surface area is 305 Å². The number of pyridine rings is 1. The van der Waals surface area contributed by atoms with Gasteiger partial charge in [0.2, 0.25) is 0 Å². The lowest BCUT2D eigenvalue weighted by Gasteiger charge is -2.17. The van der Waals surface area contributed by atoms with Gasteiger partial charge in [0.05, 0.1) is 22.6 Å². The molecule has 2 heterocycles. The molecule has 0 unspecified atom stereocenters. The topological polar surface area (TPSA) is 38.7 Å². The Morgan fingerprint density at radius 1 is 0.321 bits per heavy atom. The fraction of sp³-hybridized carbons (Fsp3) is 0. The molecule has 0 spiro atoms. The van der Waals surface area contributed by atoms with E-state index in [1.807, 2.05) is 48.5 Å². The van der Waals surface area contributed by atoms with Gasteiger partial charge in [-0.2, -0.15) is 0 Å². The molecule has 4 heteroatoms. The van der Waals surface area contributed by atoms with Crippen LogP contribution in [0.3, 0.4) is 0 Å². The lowest BCUT2D eigenvalue weighted by atomic mass is 9.89. The zero-order valence-electron chi connectivity index (χ0n) is 28.5. The molecule has 53 heavy (non-hydrogen) atoms. The molecule has 0 saturated carbocycles. The molecule has 0 bridgehead atoms. The Morgan fingerprint density at radius 2 is 0.830 bits per heavy atom. The van der Waals surface area contributed by atoms with Gasteiger partial charge in [0, 0.05) is 38.4 Å². The van der Waals surface area contributed by atoms with Gasteiger partial charge in [0.25, 0.3) is 0 Å². The number of hydrogen-bond acceptors (Lipinski definition) is 3. The molecular weight excluding hydrogens is 650 g/mol. The van der Waals surface area contributed by atoms with Gasteiger partial charge in [-0.15, -0.1) is 0 Å². The highest BCUT2D eigenvalue weighted by molar-refractivity contribution is 6.33. The van der Waals surface area contributed by atoms with E-state index in [1.165, 1.54) is 17.5 Å². The first-order chi connectivity index (χ1) is 26.2. The molecule has 0 radical (unpaired) electrons. The molecular formula is C49H30FN3. The molecule has 0 N–H and O–H groups in total. The van der Waals surface area contributed by atoms with Gasteiger partial charge in [-0.3, -0.25) is 0 Å². The summed E-state index contributed by atoms with van der Waals surface area (Å²) in [6, 6.07) is 61.3. The summed E-state index contributed by atoms with van der Waals surface area (Å²) in [6.07, 6.45) is 0. The van der Waals surface area contributed by atoms with Crippen LogP contribution in [0.25, 0.3) is 99.5 Å². The molecule has 0 atom stereocenters. The largest absolute Gasteiger partial charge is 0.247 e. The van der Waals surface area contributed by atoms with Crippen molar-refractivity contribution in [3.63, 3.8) is 0 Å². The van der Waals surface area contributed by atoms with E-state index >= 15 is 0 Å². The first-order valence-corrected chi connectivity index (χ1v) is 17.7. The second-order valence-corrected chi connectivity index (χ2v) is 13.3. The van der Waals surface area contributed by atoms with Crippen LogP contribution in [-0.2, 0) is 0 Å². The lowest BCUT2D eigenvalue weighted by Crippen LogP contribution is -1.96. The van der Waals surface area contributed by atoms with Crippen molar-refractivity contribution in [1.29, 1.82) is 0 Å². The average Bonchev–Trinajstić information content (AvgIpc) is 3.24. The zero-order valence-corrected chi connectivity index (χ0v) is 28.5. The quantitative estimate of drug-likeness (QED) is 0.170. The van der Waals surface area contributed by atoms with Crippen LogP contribution in [0.1, 0.15) is 0 Å². The zero-order chi connectivity index (χ0) is 35.3. The van der Waals surface area contributed by atoms with E-state index < -0.39 is 0 Å². The van der Waals surface area contributed by atoms with Crippen molar-refractivity contribution in [1.82, 2.24) is 15.0 Å². The second kappa shape index (κ2) is 12.6. The molecule has 3 nitrogen and oxygen atoms in total. The molecule has 0 aliphatic carbocycles. The fourth-order valence-corrected chi connectivity index (χ4v) is 7.60. The molecule has 0 amide bonds. The van der Waals surface area contributed by atoms with Gasteiger partial charge in [0.15, 0.2) is 5.82 Å². The van der Waals surface area contributed by atoms with Gasteiger partial charge >= 0.3 is 0 Å². The summed E-state index contributed by atoms with van der Waals surface area (Å²) in [6.45, 7) is 0. The summed E-state index contributed by atoms with van der Waals surface area (Å²) in [7, 11) is 0. The van der Waals surface area contributed by atoms with Gasteiger partial charge in [-0.05, 0) is 81.2 Å². The third-order valence-corrected chi connectivity index (χ3v) is 10.1. The summed E-state index contributed by atoms with van der Waals surface area (Å²) in [5, 5.41) is 7.87. The average molecular weight is 680 g/mol. The molecule has 0 aliphatic heterocycles. The van der Waals surface area contributed by atoms with Crippen LogP contribution in [0, 0.1) is 5.82 Å². The maximum Gasteiger partial charge on any atom is 0.160 e. The summed E-state index contributed by atoms with van der Waals surface area (Å²) < 4.78 is 14.1. The summed E-state index contributed by atoms with van der Waals surface area (Å²) in [5.41, 5.74) is 9.48. The van der Waals surface area contributed by atoms with Gasteiger partial charge in [-0.1, -0.05) is 133 Å². The number of benzene rings is 8. The Balaban J connectivity index is 1.20. The molecule has 0 fully saturated rings. The summed E-state index contributed by atoms with van der Waals surface area (Å²) in [4.78, 5) is 15.5. The van der Waals surface area contributed by atoms with E-state index in [2.05, 4.69) is 121 Å². The first kappa shape index (κ1) is 30.8. The summed E-state index contributed by atoms with van der Waals surface area (Å²) >= 11 is 0. The Morgan fingerprint density at radius 3 is 1.47 bits per heavy atom. The van der Waals surface area contributed by atoms with E-state index in [-0.39, 0.29) is 5.82 Å². The standard InChI is InChI=1S/C49H30FN3/c50-37-25-22-33(23-26-37)48-47-41-21-10-8-19-39(41)38-18-7-9-20-40(38)46(47)42-29-35(24-27-43(42)51-48)34-16-11-17-36(28-34)49-52-44(31-12-3-1-4-13-31)30-45(53-49)32-14-5-2-6-15-32/h1-30H. The second-order valence-electron chi connectivity index (χ2n) is 13.3. The number of hydrogen-bond donors (Lipinski definition) is 0. The molecule has 0 saturated heterocycles. The number of halogens is 1. The normalized spacial score (nSPS) is 11.5. The maximum absolute atomic E-state index is 14.1. The molecule has 8 aromatic carbocycles. The number of fused-ring (bicyclic) bond motifs is 8. The highest BCUT2D eigenvalue weighted by Crippen LogP contribution is 2.43. The lowest BCUT2D eigenvalue weighted by molar-refractivity contribution is 0.628. The predicted molar refractivity (Wildman–Crippen MR) is 217 cm³/mol. The molecule has 2 aromatic heterocycles. The highest BCUT2D eigenvalue weighted by Gasteiger charge is 2.19. The molecule has 0 aliphatic rings. The highest BCUT2D eigenvalue weighted by atomic mass is 19.1. The van der Waals surface area contributed by atoms with Crippen LogP contribution in [0.5, 0.6) is 0 Å².